The van der Waals surface area contributed by atoms with Gasteiger partial charge in [-0.1, -0.05) is 113 Å². The smallest absolute Gasteiger partial charge is 0.330 e. The quantitative estimate of drug-likeness (QED) is 0.0214. The summed E-state index contributed by atoms with van der Waals surface area (Å²) < 4.78 is 22.6. The number of ether oxygens (including phenoxy) is 3. The van der Waals surface area contributed by atoms with Gasteiger partial charge in [0.1, 0.15) is 50.6 Å². The fourth-order valence-electron chi connectivity index (χ4n) is 8.53. The third-order valence-corrected chi connectivity index (χ3v) is 11.7. The average molecular weight is 889 g/mol. The van der Waals surface area contributed by atoms with Crippen LogP contribution in [0.15, 0.2) is 129 Å². The Labute approximate surface area is 386 Å². The van der Waals surface area contributed by atoms with Crippen molar-refractivity contribution in [1.82, 2.24) is 28.7 Å². The lowest BCUT2D eigenvalue weighted by Crippen LogP contribution is -2.03. The van der Waals surface area contributed by atoms with Crippen LogP contribution < -0.4 is 0 Å². The van der Waals surface area contributed by atoms with Crippen molar-refractivity contribution in [2.24, 2.45) is 0 Å². The zero-order valence-corrected chi connectivity index (χ0v) is 37.9. The van der Waals surface area contributed by atoms with Crippen LogP contribution in [0, 0.1) is 0 Å². The van der Waals surface area contributed by atoms with E-state index in [0.29, 0.717) is 19.8 Å². The van der Waals surface area contributed by atoms with Gasteiger partial charge in [-0.25, -0.2) is 29.3 Å². The Balaban J connectivity index is 1.37. The molecule has 0 aliphatic carbocycles. The van der Waals surface area contributed by atoms with Gasteiger partial charge in [-0.15, -0.1) is 0 Å². The molecule has 0 amide bonds. The van der Waals surface area contributed by atoms with Crippen molar-refractivity contribution in [3.05, 3.63) is 146 Å². The maximum atomic E-state index is 11.6. The highest BCUT2D eigenvalue weighted by atomic mass is 16.5. The highest BCUT2D eigenvalue weighted by Gasteiger charge is 2.29. The zero-order valence-electron chi connectivity index (χ0n) is 37.9. The summed E-state index contributed by atoms with van der Waals surface area (Å²) in [4.78, 5) is 51.6. The second-order valence-electron chi connectivity index (χ2n) is 16.3. The molecule has 0 spiro atoms. The maximum Gasteiger partial charge on any atom is 0.330 e. The molecule has 0 saturated carbocycles. The first kappa shape index (κ1) is 46.9. The summed E-state index contributed by atoms with van der Waals surface area (Å²) in [6.45, 7) is 11.6. The monoisotopic (exact) mass is 888 g/mol. The van der Waals surface area contributed by atoms with E-state index in [1.54, 1.807) is 0 Å². The van der Waals surface area contributed by atoms with Crippen molar-refractivity contribution in [2.45, 2.75) is 96.3 Å². The number of carbonyl (C=O) groups excluding carboxylic acids is 3. The first-order valence-electron chi connectivity index (χ1n) is 23.3. The molecule has 0 fully saturated rings. The molecule has 0 radical (unpaired) electrons. The lowest BCUT2D eigenvalue weighted by atomic mass is 10.1. The topological polar surface area (TPSA) is 132 Å². The molecule has 4 aromatic carbocycles. The Hall–Kier alpha value is -7.08. The third-order valence-electron chi connectivity index (χ3n) is 11.7. The van der Waals surface area contributed by atoms with Gasteiger partial charge in [-0.2, -0.15) is 0 Å². The summed E-state index contributed by atoms with van der Waals surface area (Å²) in [6.07, 6.45) is 16.4. The number of para-hydroxylation sites is 3. The standard InChI is InChI=1S/C54H60N6O6/c1-4-46(61)64-37-25-10-7-22-34-43-55-49-52(58(43)40-28-16-13-17-29-40)50-54(60(42-32-20-15-21-33-42)44(56-50)35-23-8-11-26-38-65-47(62)5-2)51-53(49)59(41-30-18-14-19-31-41)45(57-51)36-24-9-12-27-39-66-48(63)6-3/h4-6,13-21,28-33H,1-3,7-12,22-27,34-39H2. The van der Waals surface area contributed by atoms with Crippen molar-refractivity contribution in [1.29, 1.82) is 0 Å². The van der Waals surface area contributed by atoms with Crippen LogP contribution in [0.25, 0.3) is 50.2 Å². The molecule has 0 bridgehead atoms. The second-order valence-corrected chi connectivity index (χ2v) is 16.3. The molecular weight excluding hydrogens is 829 g/mol. The van der Waals surface area contributed by atoms with Gasteiger partial charge in [-0.05, 0) is 74.9 Å². The summed E-state index contributed by atoms with van der Waals surface area (Å²) in [6, 6.07) is 31.3. The summed E-state index contributed by atoms with van der Waals surface area (Å²) in [5.74, 6) is 1.63. The predicted molar refractivity (Wildman–Crippen MR) is 260 cm³/mol. The van der Waals surface area contributed by atoms with Crippen molar-refractivity contribution in [3.63, 3.8) is 0 Å². The van der Waals surface area contributed by atoms with Gasteiger partial charge in [0.25, 0.3) is 0 Å². The Bertz CT molecular complexity index is 2420. The predicted octanol–water partition coefficient (Wildman–Crippen LogP) is 11.2. The molecule has 12 nitrogen and oxygen atoms in total. The number of carbonyl (C=O) groups is 3. The van der Waals surface area contributed by atoms with Gasteiger partial charge in [-0.3, -0.25) is 13.7 Å². The van der Waals surface area contributed by atoms with Crippen molar-refractivity contribution in [3.8, 4) is 17.1 Å². The Morgan fingerprint density at radius 1 is 0.394 bits per heavy atom. The summed E-state index contributed by atoms with van der Waals surface area (Å²) in [5, 5.41) is 0. The van der Waals surface area contributed by atoms with E-state index in [2.05, 4.69) is 106 Å². The fourth-order valence-corrected chi connectivity index (χ4v) is 8.53. The summed E-state index contributed by atoms with van der Waals surface area (Å²) in [7, 11) is 0. The molecule has 342 valence electrons. The number of benzene rings is 4. The molecule has 3 aromatic heterocycles. The lowest BCUT2D eigenvalue weighted by molar-refractivity contribution is -0.138. The number of fused-ring (bicyclic) bond motifs is 6. The highest BCUT2D eigenvalue weighted by molar-refractivity contribution is 6.20. The van der Waals surface area contributed by atoms with Gasteiger partial charge >= 0.3 is 17.9 Å². The number of aryl methyl sites for hydroxylation is 3. The molecule has 12 heteroatoms. The number of hydrogen-bond acceptors (Lipinski definition) is 9. The molecule has 0 saturated heterocycles. The van der Waals surface area contributed by atoms with Gasteiger partial charge < -0.3 is 14.2 Å². The van der Waals surface area contributed by atoms with Crippen molar-refractivity contribution in [2.75, 3.05) is 19.8 Å². The number of nitrogens with zero attached hydrogens (tertiary/aromatic N) is 6. The van der Waals surface area contributed by atoms with Gasteiger partial charge in [0, 0.05) is 54.6 Å². The third kappa shape index (κ3) is 11.4. The molecule has 0 aliphatic heterocycles. The minimum atomic E-state index is -0.396. The summed E-state index contributed by atoms with van der Waals surface area (Å²) in [5.41, 5.74) is 8.36. The van der Waals surface area contributed by atoms with Crippen LogP contribution in [0.3, 0.4) is 0 Å². The number of rotatable bonds is 27. The largest absolute Gasteiger partial charge is 0.463 e. The Morgan fingerprint density at radius 2 is 0.652 bits per heavy atom. The zero-order chi connectivity index (χ0) is 46.1. The molecule has 0 unspecified atom stereocenters. The molecule has 7 rings (SSSR count). The van der Waals surface area contributed by atoms with E-state index in [1.165, 1.54) is 18.2 Å². The Kier molecular flexibility index (Phi) is 16.9. The van der Waals surface area contributed by atoms with Gasteiger partial charge in [0.2, 0.25) is 0 Å². The highest BCUT2D eigenvalue weighted by Crippen LogP contribution is 2.40. The van der Waals surface area contributed by atoms with Crippen LogP contribution in [0.1, 0.15) is 94.5 Å². The molecule has 66 heavy (non-hydrogen) atoms. The summed E-state index contributed by atoms with van der Waals surface area (Å²) >= 11 is 0. The van der Waals surface area contributed by atoms with E-state index in [0.717, 1.165) is 164 Å². The minimum Gasteiger partial charge on any atom is -0.463 e. The normalized spacial score (nSPS) is 11.3. The van der Waals surface area contributed by atoms with Crippen LogP contribution in [0.2, 0.25) is 0 Å². The molecule has 0 N–H and O–H groups in total. The van der Waals surface area contributed by atoms with E-state index < -0.39 is 17.9 Å². The number of hydrogen-bond donors (Lipinski definition) is 0. The van der Waals surface area contributed by atoms with Gasteiger partial charge in [0.15, 0.2) is 0 Å². The van der Waals surface area contributed by atoms with Crippen LogP contribution in [0.5, 0.6) is 0 Å². The van der Waals surface area contributed by atoms with Crippen LogP contribution in [-0.2, 0) is 47.9 Å². The minimum absolute atomic E-state index is 0.373. The van der Waals surface area contributed by atoms with Crippen LogP contribution in [-0.4, -0.2) is 66.4 Å². The molecule has 7 aromatic rings. The lowest BCUT2D eigenvalue weighted by Gasteiger charge is -2.12. The first-order valence-corrected chi connectivity index (χ1v) is 23.3. The number of unbranched alkanes of at least 4 members (excludes halogenated alkanes) is 9. The van der Waals surface area contributed by atoms with E-state index in [1.807, 2.05) is 18.2 Å². The van der Waals surface area contributed by atoms with E-state index in [9.17, 15) is 14.4 Å². The number of imidazole rings is 3. The van der Waals surface area contributed by atoms with E-state index >= 15 is 0 Å². The van der Waals surface area contributed by atoms with Crippen LogP contribution >= 0.6 is 0 Å². The second kappa shape index (κ2) is 23.7. The SMILES string of the molecule is C=CC(=O)OCCCCCCc1nc2c(c3nc(CCCCCCOC(=O)C=C)n(-c4ccccc4)c3c3nc(CCCCCCOC(=O)C=C)n(-c4ccccc4)c23)n1-c1ccccc1. The molecule has 3 heterocycles. The number of esters is 3. The first-order chi connectivity index (χ1) is 32.4. The molecule has 0 aliphatic rings. The molecule has 0 atom stereocenters. The van der Waals surface area contributed by atoms with Gasteiger partial charge in [0.05, 0.1) is 19.8 Å². The van der Waals surface area contributed by atoms with Crippen molar-refractivity contribution >= 4 is 51.0 Å². The van der Waals surface area contributed by atoms with Crippen molar-refractivity contribution < 1.29 is 28.6 Å². The molecular formula is C54H60N6O6. The van der Waals surface area contributed by atoms with E-state index in [-0.39, 0.29) is 0 Å². The average Bonchev–Trinajstić information content (AvgIpc) is 4.05. The van der Waals surface area contributed by atoms with Crippen LogP contribution in [0.4, 0.5) is 0 Å². The fraction of sp³-hybridized carbons (Fsp3) is 0.333. The van der Waals surface area contributed by atoms with E-state index in [4.69, 9.17) is 29.2 Å². The number of aromatic nitrogens is 6. The Morgan fingerprint density at radius 3 is 0.909 bits per heavy atom. The maximum absolute atomic E-state index is 11.6.